The van der Waals surface area contributed by atoms with Crippen LogP contribution in [-0.2, 0) is 37.5 Å². The predicted molar refractivity (Wildman–Crippen MR) is 240 cm³/mol. The van der Waals surface area contributed by atoms with E-state index in [1.54, 1.807) is 12.2 Å². The van der Waals surface area contributed by atoms with Crippen molar-refractivity contribution in [3.05, 3.63) is 36.5 Å². The van der Waals surface area contributed by atoms with Crippen LogP contribution in [0.4, 0.5) is 0 Å². The summed E-state index contributed by atoms with van der Waals surface area (Å²) in [7, 11) is -4.49. The van der Waals surface area contributed by atoms with Crippen LogP contribution in [-0.4, -0.2) is 88.7 Å². The van der Waals surface area contributed by atoms with Crippen molar-refractivity contribution < 1.29 is 57.7 Å². The van der Waals surface area contributed by atoms with Gasteiger partial charge in [-0.05, 0) is 57.8 Å². The van der Waals surface area contributed by atoms with Crippen LogP contribution in [0.2, 0.25) is 0 Å². The highest BCUT2D eigenvalue weighted by molar-refractivity contribution is 7.47. The van der Waals surface area contributed by atoms with E-state index in [2.05, 4.69) is 38.2 Å². The minimum Gasteiger partial charge on any atom is -0.462 e. The number of nitrogens with two attached hydrogens (primary N) is 1. The summed E-state index contributed by atoms with van der Waals surface area (Å²) in [6, 6.07) is 0. The number of phosphoric acid groups is 1. The Labute approximate surface area is 367 Å². The van der Waals surface area contributed by atoms with Gasteiger partial charge in [-0.2, -0.15) is 0 Å². The molecule has 1 rings (SSSR count). The lowest BCUT2D eigenvalue weighted by Crippen LogP contribution is -2.29. The van der Waals surface area contributed by atoms with Gasteiger partial charge in [0.15, 0.2) is 6.10 Å². The van der Waals surface area contributed by atoms with Gasteiger partial charge in [-0.25, -0.2) is 4.57 Å². The smallest absolute Gasteiger partial charge is 0.462 e. The summed E-state index contributed by atoms with van der Waals surface area (Å²) in [6.07, 6.45) is 30.8. The largest absolute Gasteiger partial charge is 0.472 e. The second-order valence-electron chi connectivity index (χ2n) is 16.6. The first-order chi connectivity index (χ1) is 29.4. The zero-order chi connectivity index (χ0) is 45.0. The maximum absolute atomic E-state index is 12.9. The summed E-state index contributed by atoms with van der Waals surface area (Å²) in [5, 5.41) is 31.3. The molecule has 0 radical (unpaired) electrons. The average molecular weight is 886 g/mol. The zero-order valence-corrected chi connectivity index (χ0v) is 38.6. The zero-order valence-electron chi connectivity index (χ0n) is 37.7. The van der Waals surface area contributed by atoms with Crippen molar-refractivity contribution >= 4 is 25.5 Å². The van der Waals surface area contributed by atoms with Gasteiger partial charge in [0.05, 0.1) is 31.5 Å². The molecule has 1 saturated carbocycles. The van der Waals surface area contributed by atoms with Gasteiger partial charge in [-0.1, -0.05) is 127 Å². The van der Waals surface area contributed by atoms with E-state index in [0.717, 1.165) is 51.4 Å². The molecule has 0 aliphatic heterocycles. The third kappa shape index (κ3) is 31.3. The van der Waals surface area contributed by atoms with Gasteiger partial charge in [-0.15, -0.1) is 0 Å². The molecule has 13 nitrogen and oxygen atoms in total. The highest BCUT2D eigenvalue weighted by atomic mass is 31.2. The third-order valence-electron chi connectivity index (χ3n) is 11.0. The van der Waals surface area contributed by atoms with E-state index in [1.807, 2.05) is 0 Å². The van der Waals surface area contributed by atoms with Crippen molar-refractivity contribution in [2.24, 2.45) is 17.6 Å². The molecule has 1 aliphatic carbocycles. The summed E-state index contributed by atoms with van der Waals surface area (Å²) < 4.78 is 32.7. The van der Waals surface area contributed by atoms with Crippen LogP contribution in [0, 0.1) is 11.8 Å². The number of ketones is 1. The van der Waals surface area contributed by atoms with Gasteiger partial charge in [-0.3, -0.25) is 23.4 Å². The van der Waals surface area contributed by atoms with E-state index in [-0.39, 0.29) is 57.6 Å². The Hall–Kier alpha value is -2.22. The molecule has 0 saturated heterocycles. The van der Waals surface area contributed by atoms with Gasteiger partial charge in [0.25, 0.3) is 0 Å². The number of phosphoric ester groups is 1. The van der Waals surface area contributed by atoms with Crippen molar-refractivity contribution in [2.45, 2.75) is 205 Å². The molecular formula is C47H84NO12P. The molecule has 0 aromatic carbocycles. The van der Waals surface area contributed by atoms with E-state index >= 15 is 0 Å². The maximum atomic E-state index is 12.9. The number of allylic oxidation sites excluding steroid dienone is 4. The van der Waals surface area contributed by atoms with Crippen molar-refractivity contribution in [2.75, 3.05) is 26.4 Å². The van der Waals surface area contributed by atoms with E-state index < -0.39 is 62.6 Å². The molecule has 1 aliphatic rings. The Kier molecular flexibility index (Phi) is 34.6. The molecule has 0 spiro atoms. The number of ether oxygens (including phenoxy) is 2. The Morgan fingerprint density at radius 1 is 0.721 bits per heavy atom. The molecule has 0 aromatic rings. The normalized spacial score (nSPS) is 20.1. The fourth-order valence-electron chi connectivity index (χ4n) is 7.37. The SMILES string of the molecule is CCCCC/C=C\C/C=C\CCCCCCCCCCCC(=O)OC[C@H](COP(=O)(O)OCCN)OC(=O)CCCCC(=O)C[C@@H]1[C@@H](/C=C/[C@@H](O)CCCCC)[C@H](O)C[C@@H]1O. The molecular weight excluding hydrogens is 801 g/mol. The third-order valence-corrected chi connectivity index (χ3v) is 12.0. The number of unbranched alkanes of at least 4 members (excludes halogenated alkanes) is 15. The first-order valence-electron chi connectivity index (χ1n) is 23.6. The lowest BCUT2D eigenvalue weighted by atomic mass is 9.87. The molecule has 1 unspecified atom stereocenters. The molecule has 61 heavy (non-hydrogen) atoms. The summed E-state index contributed by atoms with van der Waals surface area (Å²) in [4.78, 5) is 48.0. The number of rotatable bonds is 40. The molecule has 6 N–H and O–H groups in total. The fourth-order valence-corrected chi connectivity index (χ4v) is 8.13. The second-order valence-corrected chi connectivity index (χ2v) is 18.0. The van der Waals surface area contributed by atoms with E-state index in [9.17, 15) is 39.2 Å². The van der Waals surface area contributed by atoms with E-state index in [0.29, 0.717) is 25.7 Å². The molecule has 0 amide bonds. The van der Waals surface area contributed by atoms with Crippen LogP contribution in [0.15, 0.2) is 36.5 Å². The number of aliphatic hydroxyl groups is 3. The molecule has 14 heteroatoms. The van der Waals surface area contributed by atoms with Crippen LogP contribution in [0.5, 0.6) is 0 Å². The average Bonchev–Trinajstić information content (AvgIpc) is 3.49. The molecule has 1 fully saturated rings. The van der Waals surface area contributed by atoms with Crippen molar-refractivity contribution in [1.29, 1.82) is 0 Å². The standard InChI is InChI=1S/C47H84NO12P/c1-3-5-7-8-9-10-11-12-13-14-15-16-17-18-19-20-21-22-24-29-46(53)57-37-41(38-59-61(55,56)58-34-33-48)60-47(54)30-26-25-28-40(50)35-43-42(44(51)36-45(43)52)32-31-39(49)27-23-6-4-2/h9-10,12-13,31-32,39,41-45,49,51-52H,3-8,11,14-30,33-38,48H2,1-2H3,(H,55,56)/b10-9-,13-12-,32-31+/t39-,41+,42+,43+,44+,45-/m0/s1. The van der Waals surface area contributed by atoms with Gasteiger partial charge in [0.2, 0.25) is 0 Å². The lowest BCUT2D eigenvalue weighted by molar-refractivity contribution is -0.161. The van der Waals surface area contributed by atoms with Gasteiger partial charge in [0, 0.05) is 50.5 Å². The maximum Gasteiger partial charge on any atom is 0.472 e. The summed E-state index contributed by atoms with van der Waals surface area (Å²) >= 11 is 0. The highest BCUT2D eigenvalue weighted by Gasteiger charge is 2.41. The monoisotopic (exact) mass is 886 g/mol. The Morgan fingerprint density at radius 2 is 1.30 bits per heavy atom. The molecule has 0 aromatic heterocycles. The van der Waals surface area contributed by atoms with Crippen LogP contribution in [0.3, 0.4) is 0 Å². The number of carbonyl (C=O) groups excluding carboxylic acids is 3. The van der Waals surface area contributed by atoms with Crippen molar-refractivity contribution in [3.63, 3.8) is 0 Å². The number of hydrogen-bond donors (Lipinski definition) is 5. The lowest BCUT2D eigenvalue weighted by Gasteiger charge is -2.20. The van der Waals surface area contributed by atoms with Crippen LogP contribution in [0.25, 0.3) is 0 Å². The fraction of sp³-hybridized carbons (Fsp3) is 0.809. The van der Waals surface area contributed by atoms with Crippen LogP contribution >= 0.6 is 7.82 Å². The number of hydrogen-bond acceptors (Lipinski definition) is 12. The van der Waals surface area contributed by atoms with Crippen molar-refractivity contribution in [3.8, 4) is 0 Å². The van der Waals surface area contributed by atoms with Crippen molar-refractivity contribution in [1.82, 2.24) is 0 Å². The van der Waals surface area contributed by atoms with E-state index in [4.69, 9.17) is 24.3 Å². The first kappa shape index (κ1) is 56.8. The Morgan fingerprint density at radius 3 is 1.95 bits per heavy atom. The molecule has 0 bridgehead atoms. The molecule has 354 valence electrons. The number of aliphatic hydroxyl groups excluding tert-OH is 3. The summed E-state index contributed by atoms with van der Waals surface area (Å²) in [5.74, 6) is -2.14. The number of carbonyl (C=O) groups is 3. The Balaban J connectivity index is 2.37. The molecule has 7 atom stereocenters. The summed E-state index contributed by atoms with van der Waals surface area (Å²) in [6.45, 7) is 3.17. The summed E-state index contributed by atoms with van der Waals surface area (Å²) in [5.41, 5.74) is 5.34. The Bertz CT molecular complexity index is 1280. The molecule has 0 heterocycles. The van der Waals surface area contributed by atoms with Crippen LogP contribution < -0.4 is 5.73 Å². The highest BCUT2D eigenvalue weighted by Crippen LogP contribution is 2.43. The van der Waals surface area contributed by atoms with Gasteiger partial charge < -0.3 is 35.4 Å². The second kappa shape index (κ2) is 37.2. The quantitative estimate of drug-likeness (QED) is 0.0168. The number of esters is 2. The van der Waals surface area contributed by atoms with Gasteiger partial charge in [0.1, 0.15) is 12.4 Å². The predicted octanol–water partition coefficient (Wildman–Crippen LogP) is 9.28. The minimum absolute atomic E-state index is 0.00742. The topological polar surface area (TPSA) is 212 Å². The van der Waals surface area contributed by atoms with Gasteiger partial charge >= 0.3 is 19.8 Å². The minimum atomic E-state index is -4.49. The number of Topliss-reactive ketones (excluding diaryl/α,β-unsaturated/α-hetero) is 1. The van der Waals surface area contributed by atoms with Crippen LogP contribution in [0.1, 0.15) is 181 Å². The van der Waals surface area contributed by atoms with E-state index in [1.165, 1.54) is 57.8 Å². The first-order valence-corrected chi connectivity index (χ1v) is 25.1.